The van der Waals surface area contributed by atoms with Gasteiger partial charge in [0.15, 0.2) is 11.5 Å². The van der Waals surface area contributed by atoms with Crippen molar-refractivity contribution in [3.8, 4) is 28.7 Å². The molecule has 0 saturated carbocycles. The molecule has 0 saturated heterocycles. The number of hydrogen-bond donors (Lipinski definition) is 3. The maximum atomic E-state index is 10.4. The molecule has 0 aromatic heterocycles. The number of phenolic OH excluding ortho intramolecular Hbond substituents is 2. The van der Waals surface area contributed by atoms with Crippen LogP contribution < -0.4 is 14.2 Å². The lowest BCUT2D eigenvalue weighted by molar-refractivity contribution is 0.0197. The summed E-state index contributed by atoms with van der Waals surface area (Å²) in [5.74, 6) is 1.28. The van der Waals surface area contributed by atoms with Crippen molar-refractivity contribution in [2.24, 2.45) is 0 Å². The summed E-state index contributed by atoms with van der Waals surface area (Å²) in [4.78, 5) is 0. The Balaban J connectivity index is 1.98. The van der Waals surface area contributed by atoms with E-state index in [0.717, 1.165) is 0 Å². The Morgan fingerprint density at radius 1 is 1.04 bits per heavy atom. The van der Waals surface area contributed by atoms with E-state index in [2.05, 4.69) is 0 Å². The molecular weight excluding hydrogens is 300 g/mol. The van der Waals surface area contributed by atoms with Crippen molar-refractivity contribution in [2.75, 3.05) is 14.2 Å². The van der Waals surface area contributed by atoms with E-state index in [9.17, 15) is 15.3 Å². The van der Waals surface area contributed by atoms with Gasteiger partial charge in [0, 0.05) is 24.1 Å². The zero-order valence-corrected chi connectivity index (χ0v) is 12.8. The second kappa shape index (κ2) is 5.89. The number of phenols is 2. The van der Waals surface area contributed by atoms with Crippen molar-refractivity contribution in [3.05, 3.63) is 41.5 Å². The van der Waals surface area contributed by atoms with Crippen LogP contribution in [0.5, 0.6) is 28.7 Å². The van der Waals surface area contributed by atoms with Crippen molar-refractivity contribution in [3.63, 3.8) is 0 Å². The van der Waals surface area contributed by atoms with Gasteiger partial charge in [-0.05, 0) is 17.7 Å². The number of aliphatic hydroxyl groups is 1. The number of ether oxygens (including phenoxy) is 3. The SMILES string of the molecule is COc1cc(O)c2c(c1)O[C@H](c1ccc(O)c(OC)c1)[C@H](O)C2. The molecule has 6 heteroatoms. The van der Waals surface area contributed by atoms with Crippen LogP contribution in [0.15, 0.2) is 30.3 Å². The maximum absolute atomic E-state index is 10.4. The Hall–Kier alpha value is -2.60. The average Bonchev–Trinajstić information content (AvgIpc) is 2.55. The molecule has 2 aromatic rings. The minimum atomic E-state index is -0.837. The Morgan fingerprint density at radius 3 is 2.52 bits per heavy atom. The number of rotatable bonds is 3. The van der Waals surface area contributed by atoms with Crippen LogP contribution in [0.4, 0.5) is 0 Å². The molecule has 3 N–H and O–H groups in total. The van der Waals surface area contributed by atoms with E-state index < -0.39 is 12.2 Å². The van der Waals surface area contributed by atoms with Gasteiger partial charge in [-0.2, -0.15) is 0 Å². The van der Waals surface area contributed by atoms with E-state index in [1.54, 1.807) is 18.2 Å². The van der Waals surface area contributed by atoms with Crippen molar-refractivity contribution < 1.29 is 29.5 Å². The fraction of sp³-hybridized carbons (Fsp3) is 0.294. The monoisotopic (exact) mass is 318 g/mol. The lowest BCUT2D eigenvalue weighted by Crippen LogP contribution is -2.30. The van der Waals surface area contributed by atoms with Crippen molar-refractivity contribution in [2.45, 2.75) is 18.6 Å². The fourth-order valence-corrected chi connectivity index (χ4v) is 2.73. The molecule has 0 aliphatic carbocycles. The molecule has 0 spiro atoms. The second-order valence-corrected chi connectivity index (χ2v) is 5.36. The predicted molar refractivity (Wildman–Crippen MR) is 82.4 cm³/mol. The van der Waals surface area contributed by atoms with Crippen LogP contribution >= 0.6 is 0 Å². The molecule has 0 unspecified atom stereocenters. The van der Waals surface area contributed by atoms with Gasteiger partial charge in [0.05, 0.1) is 20.3 Å². The molecule has 1 aliphatic heterocycles. The number of benzene rings is 2. The lowest BCUT2D eigenvalue weighted by Gasteiger charge is -2.31. The summed E-state index contributed by atoms with van der Waals surface area (Å²) in [5, 5.41) is 30.1. The second-order valence-electron chi connectivity index (χ2n) is 5.36. The van der Waals surface area contributed by atoms with Gasteiger partial charge in [0.25, 0.3) is 0 Å². The van der Waals surface area contributed by atoms with Crippen LogP contribution in [0, 0.1) is 0 Å². The van der Waals surface area contributed by atoms with Gasteiger partial charge in [-0.3, -0.25) is 0 Å². The first kappa shape index (κ1) is 15.3. The Morgan fingerprint density at radius 2 is 1.83 bits per heavy atom. The molecule has 0 fully saturated rings. The summed E-state index contributed by atoms with van der Waals surface area (Å²) < 4.78 is 16.1. The van der Waals surface area contributed by atoms with Gasteiger partial charge in [0.1, 0.15) is 23.4 Å². The molecule has 0 amide bonds. The summed E-state index contributed by atoms with van der Waals surface area (Å²) in [6.07, 6.45) is -1.22. The third-order valence-corrected chi connectivity index (χ3v) is 3.94. The van der Waals surface area contributed by atoms with E-state index >= 15 is 0 Å². The minimum absolute atomic E-state index is 0.0151. The highest BCUT2D eigenvalue weighted by molar-refractivity contribution is 5.52. The van der Waals surface area contributed by atoms with Gasteiger partial charge >= 0.3 is 0 Å². The van der Waals surface area contributed by atoms with Crippen LogP contribution in [0.1, 0.15) is 17.2 Å². The van der Waals surface area contributed by atoms with E-state index in [0.29, 0.717) is 28.4 Å². The molecule has 1 heterocycles. The Bertz CT molecular complexity index is 727. The molecule has 2 atom stereocenters. The van der Waals surface area contributed by atoms with E-state index in [1.807, 2.05) is 0 Å². The summed E-state index contributed by atoms with van der Waals surface area (Å²) in [6.45, 7) is 0. The summed E-state index contributed by atoms with van der Waals surface area (Å²) in [6, 6.07) is 7.93. The number of aromatic hydroxyl groups is 2. The predicted octanol–water partition coefficient (Wildman–Crippen LogP) is 2.15. The molecule has 2 aromatic carbocycles. The molecule has 3 rings (SSSR count). The van der Waals surface area contributed by atoms with Crippen LogP contribution in [0.25, 0.3) is 0 Å². The Labute approximate surface area is 133 Å². The van der Waals surface area contributed by atoms with E-state index in [-0.39, 0.29) is 17.9 Å². The zero-order valence-electron chi connectivity index (χ0n) is 12.8. The number of fused-ring (bicyclic) bond motifs is 1. The van der Waals surface area contributed by atoms with Crippen LogP contribution in [0.3, 0.4) is 0 Å². The minimum Gasteiger partial charge on any atom is -0.507 e. The highest BCUT2D eigenvalue weighted by Crippen LogP contribution is 2.43. The molecular formula is C17H18O6. The number of methoxy groups -OCH3 is 2. The highest BCUT2D eigenvalue weighted by Gasteiger charge is 2.32. The van der Waals surface area contributed by atoms with Gasteiger partial charge < -0.3 is 29.5 Å². The maximum Gasteiger partial charge on any atom is 0.160 e. The van der Waals surface area contributed by atoms with Crippen molar-refractivity contribution in [1.82, 2.24) is 0 Å². The quantitative estimate of drug-likeness (QED) is 0.804. The van der Waals surface area contributed by atoms with Crippen molar-refractivity contribution in [1.29, 1.82) is 0 Å². The molecule has 122 valence electrons. The van der Waals surface area contributed by atoms with E-state index in [1.165, 1.54) is 26.4 Å². The normalized spacial score (nSPS) is 19.6. The van der Waals surface area contributed by atoms with Gasteiger partial charge in [0.2, 0.25) is 0 Å². The number of aliphatic hydroxyl groups excluding tert-OH is 1. The molecule has 6 nitrogen and oxygen atoms in total. The third-order valence-electron chi connectivity index (χ3n) is 3.94. The standard InChI is InChI=1S/C17H18O6/c1-21-10-6-13(19)11-8-14(20)17(23-15(11)7-10)9-3-4-12(18)16(5-9)22-2/h3-7,14,17-20H,8H2,1-2H3/t14-,17-/m1/s1. The topological polar surface area (TPSA) is 88.4 Å². The molecule has 0 radical (unpaired) electrons. The highest BCUT2D eigenvalue weighted by atomic mass is 16.5. The van der Waals surface area contributed by atoms with Crippen LogP contribution in [-0.4, -0.2) is 35.6 Å². The fourth-order valence-electron chi connectivity index (χ4n) is 2.73. The molecule has 0 bridgehead atoms. The first-order valence-electron chi connectivity index (χ1n) is 7.15. The third kappa shape index (κ3) is 2.73. The van der Waals surface area contributed by atoms with Crippen molar-refractivity contribution >= 4 is 0 Å². The smallest absolute Gasteiger partial charge is 0.160 e. The summed E-state index contributed by atoms with van der Waals surface area (Å²) in [7, 11) is 2.95. The molecule has 23 heavy (non-hydrogen) atoms. The zero-order chi connectivity index (χ0) is 16.6. The number of hydrogen-bond acceptors (Lipinski definition) is 6. The van der Waals surface area contributed by atoms with Gasteiger partial charge in [-0.25, -0.2) is 0 Å². The van der Waals surface area contributed by atoms with Crippen LogP contribution in [-0.2, 0) is 6.42 Å². The average molecular weight is 318 g/mol. The largest absolute Gasteiger partial charge is 0.507 e. The van der Waals surface area contributed by atoms with Gasteiger partial charge in [-0.1, -0.05) is 6.07 Å². The lowest BCUT2D eigenvalue weighted by atomic mass is 9.94. The van der Waals surface area contributed by atoms with E-state index in [4.69, 9.17) is 14.2 Å². The molecule has 1 aliphatic rings. The van der Waals surface area contributed by atoms with Gasteiger partial charge in [-0.15, -0.1) is 0 Å². The first-order valence-corrected chi connectivity index (χ1v) is 7.15. The van der Waals surface area contributed by atoms with Crippen LogP contribution in [0.2, 0.25) is 0 Å². The summed E-state index contributed by atoms with van der Waals surface area (Å²) in [5.41, 5.74) is 1.21. The summed E-state index contributed by atoms with van der Waals surface area (Å²) >= 11 is 0. The first-order chi connectivity index (χ1) is 11.0. The Kier molecular flexibility index (Phi) is 3.92.